The normalized spacial score (nSPS) is 25.8. The molecule has 88 valence electrons. The van der Waals surface area contributed by atoms with Crippen LogP contribution in [0.2, 0.25) is 0 Å². The van der Waals surface area contributed by atoms with Crippen LogP contribution in [0.3, 0.4) is 0 Å². The smallest absolute Gasteiger partial charge is 0.257 e. The number of hydrogen-bond acceptors (Lipinski definition) is 2. The second kappa shape index (κ2) is 4.28. The summed E-state index contributed by atoms with van der Waals surface area (Å²) in [4.78, 5) is 14.4. The van der Waals surface area contributed by atoms with Crippen LogP contribution in [-0.4, -0.2) is 33.1 Å². The number of aromatic nitrogens is 2. The molecule has 1 amide bonds. The number of likely N-dealkylation sites (tertiary alicyclic amines) is 1. The molecule has 0 saturated carbocycles. The third-order valence-corrected chi connectivity index (χ3v) is 3.49. The van der Waals surface area contributed by atoms with Gasteiger partial charge in [-0.15, -0.1) is 0 Å². The third-order valence-electron chi connectivity index (χ3n) is 3.49. The second-order valence-electron chi connectivity index (χ2n) is 4.75. The molecule has 1 N–H and O–H groups in total. The summed E-state index contributed by atoms with van der Waals surface area (Å²) in [6.07, 6.45) is 5.06. The summed E-state index contributed by atoms with van der Waals surface area (Å²) in [5.74, 6) is 0.117. The number of aryl methyl sites for hydroxylation is 1. The van der Waals surface area contributed by atoms with Crippen LogP contribution in [0.25, 0.3) is 0 Å². The Hall–Kier alpha value is -1.32. The lowest BCUT2D eigenvalue weighted by Crippen LogP contribution is -2.47. The maximum absolute atomic E-state index is 12.4. The van der Waals surface area contributed by atoms with Crippen molar-refractivity contribution in [1.82, 2.24) is 15.1 Å². The summed E-state index contributed by atoms with van der Waals surface area (Å²) in [7, 11) is 0. The molecular weight excluding hydrogens is 202 g/mol. The first kappa shape index (κ1) is 11.2. The van der Waals surface area contributed by atoms with Crippen molar-refractivity contribution < 1.29 is 4.79 Å². The lowest BCUT2D eigenvalue weighted by Gasteiger charge is -2.39. The molecule has 0 spiro atoms. The molecule has 16 heavy (non-hydrogen) atoms. The highest BCUT2D eigenvalue weighted by molar-refractivity contribution is 5.95. The van der Waals surface area contributed by atoms with Gasteiger partial charge in [-0.25, -0.2) is 0 Å². The molecule has 0 aliphatic carbocycles. The van der Waals surface area contributed by atoms with Gasteiger partial charge in [-0.1, -0.05) is 0 Å². The third kappa shape index (κ3) is 1.84. The van der Waals surface area contributed by atoms with Gasteiger partial charge in [-0.2, -0.15) is 5.10 Å². The zero-order chi connectivity index (χ0) is 11.7. The van der Waals surface area contributed by atoms with Crippen LogP contribution >= 0.6 is 0 Å². The number of carbonyl (C=O) groups excluding carboxylic acids is 1. The maximum atomic E-state index is 12.4. The van der Waals surface area contributed by atoms with Gasteiger partial charge in [0.2, 0.25) is 0 Å². The van der Waals surface area contributed by atoms with Gasteiger partial charge in [0, 0.05) is 17.8 Å². The number of nitrogens with zero attached hydrogens (tertiary/aromatic N) is 2. The van der Waals surface area contributed by atoms with Gasteiger partial charge >= 0.3 is 0 Å². The largest absolute Gasteiger partial charge is 0.333 e. The Morgan fingerprint density at radius 3 is 2.56 bits per heavy atom. The Balaban J connectivity index is 2.23. The van der Waals surface area contributed by atoms with Gasteiger partial charge in [-0.05, 0) is 40.0 Å². The number of hydrogen-bond donors (Lipinski definition) is 1. The lowest BCUT2D eigenvalue weighted by molar-refractivity contribution is 0.0510. The van der Waals surface area contributed by atoms with E-state index in [-0.39, 0.29) is 5.91 Å². The maximum Gasteiger partial charge on any atom is 0.257 e. The van der Waals surface area contributed by atoms with E-state index in [9.17, 15) is 4.79 Å². The predicted molar refractivity (Wildman–Crippen MR) is 62.3 cm³/mol. The van der Waals surface area contributed by atoms with Crippen molar-refractivity contribution in [2.75, 3.05) is 0 Å². The molecular formula is C12H19N3O. The quantitative estimate of drug-likeness (QED) is 0.789. The first-order valence-electron chi connectivity index (χ1n) is 5.94. The molecule has 2 unspecified atom stereocenters. The van der Waals surface area contributed by atoms with Crippen molar-refractivity contribution in [3.05, 3.63) is 17.5 Å². The minimum atomic E-state index is 0.117. The molecule has 0 radical (unpaired) electrons. The van der Waals surface area contributed by atoms with E-state index in [0.717, 1.165) is 18.5 Å². The fraction of sp³-hybridized carbons (Fsp3) is 0.667. The average molecular weight is 221 g/mol. The molecule has 1 fully saturated rings. The van der Waals surface area contributed by atoms with E-state index in [2.05, 4.69) is 24.0 Å². The van der Waals surface area contributed by atoms with Crippen LogP contribution in [0, 0.1) is 6.92 Å². The zero-order valence-electron chi connectivity index (χ0n) is 10.2. The van der Waals surface area contributed by atoms with Gasteiger partial charge in [0.1, 0.15) is 0 Å². The summed E-state index contributed by atoms with van der Waals surface area (Å²) in [5.41, 5.74) is 1.57. The molecule has 4 heteroatoms. The number of amides is 1. The summed E-state index contributed by atoms with van der Waals surface area (Å²) < 4.78 is 0. The monoisotopic (exact) mass is 221 g/mol. The van der Waals surface area contributed by atoms with Crippen LogP contribution in [-0.2, 0) is 0 Å². The minimum Gasteiger partial charge on any atom is -0.333 e. The topological polar surface area (TPSA) is 49.0 Å². The van der Waals surface area contributed by atoms with Crippen molar-refractivity contribution in [1.29, 1.82) is 0 Å². The van der Waals surface area contributed by atoms with Gasteiger partial charge in [0.25, 0.3) is 5.91 Å². The van der Waals surface area contributed by atoms with E-state index in [1.807, 2.05) is 11.8 Å². The molecule has 1 aliphatic heterocycles. The van der Waals surface area contributed by atoms with Crippen LogP contribution in [0.4, 0.5) is 0 Å². The summed E-state index contributed by atoms with van der Waals surface area (Å²) in [5, 5.41) is 6.74. The highest BCUT2D eigenvalue weighted by Gasteiger charge is 2.30. The van der Waals surface area contributed by atoms with E-state index < -0.39 is 0 Å². The molecule has 0 aromatic carbocycles. The molecule has 2 atom stereocenters. The summed E-state index contributed by atoms with van der Waals surface area (Å²) >= 11 is 0. The standard InChI is InChI=1S/C12H19N3O/c1-8-5-4-6-9(2)15(8)12(16)11-7-13-14-10(11)3/h7-9H,4-6H2,1-3H3,(H,13,14). The van der Waals surface area contributed by atoms with Gasteiger partial charge in [0.15, 0.2) is 0 Å². The van der Waals surface area contributed by atoms with Crippen molar-refractivity contribution in [2.24, 2.45) is 0 Å². The molecule has 2 rings (SSSR count). The molecule has 0 bridgehead atoms. The molecule has 4 nitrogen and oxygen atoms in total. The Morgan fingerprint density at radius 1 is 1.44 bits per heavy atom. The SMILES string of the molecule is Cc1[nH]ncc1C(=O)N1C(C)CCCC1C. The Morgan fingerprint density at radius 2 is 2.06 bits per heavy atom. The van der Waals surface area contributed by atoms with Crippen molar-refractivity contribution >= 4 is 5.91 Å². The van der Waals surface area contributed by atoms with Crippen molar-refractivity contribution in [3.8, 4) is 0 Å². The summed E-state index contributed by atoms with van der Waals surface area (Å²) in [6.45, 7) is 6.14. The number of aromatic amines is 1. The Kier molecular flexibility index (Phi) is 2.99. The highest BCUT2D eigenvalue weighted by atomic mass is 16.2. The minimum absolute atomic E-state index is 0.117. The zero-order valence-corrected chi connectivity index (χ0v) is 10.2. The number of H-pyrrole nitrogens is 1. The highest BCUT2D eigenvalue weighted by Crippen LogP contribution is 2.24. The fourth-order valence-corrected chi connectivity index (χ4v) is 2.53. The fourth-order valence-electron chi connectivity index (χ4n) is 2.53. The van der Waals surface area contributed by atoms with Crippen LogP contribution in [0.1, 0.15) is 49.2 Å². The van der Waals surface area contributed by atoms with Crippen molar-refractivity contribution in [2.45, 2.75) is 52.1 Å². The molecule has 2 heterocycles. The van der Waals surface area contributed by atoms with Crippen molar-refractivity contribution in [3.63, 3.8) is 0 Å². The number of piperidine rings is 1. The van der Waals surface area contributed by atoms with Gasteiger partial charge in [0.05, 0.1) is 11.8 Å². The number of rotatable bonds is 1. The number of carbonyl (C=O) groups is 1. The second-order valence-corrected chi connectivity index (χ2v) is 4.75. The Labute approximate surface area is 96.0 Å². The lowest BCUT2D eigenvalue weighted by atomic mass is 9.96. The first-order valence-corrected chi connectivity index (χ1v) is 5.94. The molecule has 1 aromatic rings. The van der Waals surface area contributed by atoms with Crippen LogP contribution in [0.15, 0.2) is 6.20 Å². The first-order chi connectivity index (χ1) is 7.61. The van der Waals surface area contributed by atoms with Gasteiger partial charge < -0.3 is 4.90 Å². The molecule has 1 saturated heterocycles. The van der Waals surface area contributed by atoms with Gasteiger partial charge in [-0.3, -0.25) is 9.89 Å². The van der Waals surface area contributed by atoms with Crippen LogP contribution in [0.5, 0.6) is 0 Å². The van der Waals surface area contributed by atoms with Crippen LogP contribution < -0.4 is 0 Å². The number of nitrogens with one attached hydrogen (secondary N) is 1. The average Bonchev–Trinajstić information content (AvgIpc) is 2.64. The summed E-state index contributed by atoms with van der Waals surface area (Å²) in [6, 6.07) is 0.677. The van der Waals surface area contributed by atoms with E-state index in [1.165, 1.54) is 6.42 Å². The van der Waals surface area contributed by atoms with E-state index in [4.69, 9.17) is 0 Å². The van der Waals surface area contributed by atoms with E-state index in [0.29, 0.717) is 17.6 Å². The molecule has 1 aliphatic rings. The van der Waals surface area contributed by atoms with E-state index in [1.54, 1.807) is 6.20 Å². The Bertz CT molecular complexity index is 375. The van der Waals surface area contributed by atoms with E-state index >= 15 is 0 Å². The molecule has 1 aromatic heterocycles. The predicted octanol–water partition coefficient (Wildman–Crippen LogP) is 2.12.